The smallest absolute Gasteiger partial charge is 0.234 e. The number of rotatable bonds is 9. The fourth-order valence-corrected chi connectivity index (χ4v) is 2.99. The fourth-order valence-electron chi connectivity index (χ4n) is 2.99. The standard InChI is InChI=1S/C22H22F2N2O2/c23-20-9-4-10-21(24)19(20)11-12-25-22(27)16-26(15-18-8-5-13-28-18)14-17-6-2-1-3-7-17/h1-10,13H,11-12,14-16H2,(H,25,27). The van der Waals surface area contributed by atoms with Gasteiger partial charge in [-0.1, -0.05) is 36.4 Å². The molecule has 0 atom stereocenters. The number of carbonyl (C=O) groups is 1. The zero-order valence-corrected chi connectivity index (χ0v) is 15.4. The quantitative estimate of drug-likeness (QED) is 0.608. The summed E-state index contributed by atoms with van der Waals surface area (Å²) in [6, 6.07) is 17.2. The summed E-state index contributed by atoms with van der Waals surface area (Å²) in [5.74, 6) is -0.646. The molecule has 0 unspecified atom stereocenters. The van der Waals surface area contributed by atoms with Crippen LogP contribution in [-0.4, -0.2) is 23.9 Å². The first kappa shape index (κ1) is 19.8. The maximum absolute atomic E-state index is 13.7. The van der Waals surface area contributed by atoms with Crippen LogP contribution in [0.1, 0.15) is 16.9 Å². The summed E-state index contributed by atoms with van der Waals surface area (Å²) in [7, 11) is 0. The molecule has 4 nitrogen and oxygen atoms in total. The van der Waals surface area contributed by atoms with Crippen molar-refractivity contribution < 1.29 is 18.0 Å². The van der Waals surface area contributed by atoms with E-state index in [1.54, 1.807) is 12.3 Å². The maximum atomic E-state index is 13.7. The molecule has 0 saturated heterocycles. The van der Waals surface area contributed by atoms with Crippen LogP contribution >= 0.6 is 0 Å². The van der Waals surface area contributed by atoms with E-state index >= 15 is 0 Å². The van der Waals surface area contributed by atoms with Gasteiger partial charge in [0.05, 0.1) is 19.4 Å². The Morgan fingerprint density at radius 2 is 1.68 bits per heavy atom. The third kappa shape index (κ3) is 5.76. The number of halogens is 2. The van der Waals surface area contributed by atoms with Crippen LogP contribution in [0.2, 0.25) is 0 Å². The molecule has 0 radical (unpaired) electrons. The van der Waals surface area contributed by atoms with E-state index in [-0.39, 0.29) is 31.0 Å². The van der Waals surface area contributed by atoms with Crippen molar-refractivity contribution in [3.05, 3.63) is 95.4 Å². The molecular weight excluding hydrogens is 362 g/mol. The highest BCUT2D eigenvalue weighted by Gasteiger charge is 2.14. The van der Waals surface area contributed by atoms with Gasteiger partial charge >= 0.3 is 0 Å². The highest BCUT2D eigenvalue weighted by atomic mass is 19.1. The SMILES string of the molecule is O=C(CN(Cc1ccccc1)Cc1ccco1)NCCc1c(F)cccc1F. The largest absolute Gasteiger partial charge is 0.468 e. The van der Waals surface area contributed by atoms with Gasteiger partial charge in [-0.25, -0.2) is 8.78 Å². The zero-order valence-electron chi connectivity index (χ0n) is 15.4. The van der Waals surface area contributed by atoms with Crippen molar-refractivity contribution in [2.45, 2.75) is 19.5 Å². The molecule has 6 heteroatoms. The average Bonchev–Trinajstić information content (AvgIpc) is 3.18. The molecule has 1 heterocycles. The normalized spacial score (nSPS) is 11.0. The van der Waals surface area contributed by atoms with E-state index in [1.807, 2.05) is 41.3 Å². The Kier molecular flexibility index (Phi) is 6.92. The Morgan fingerprint density at radius 3 is 2.36 bits per heavy atom. The van der Waals surface area contributed by atoms with Crippen molar-refractivity contribution in [2.75, 3.05) is 13.1 Å². The summed E-state index contributed by atoms with van der Waals surface area (Å²) in [4.78, 5) is 14.3. The van der Waals surface area contributed by atoms with Crippen molar-refractivity contribution in [1.29, 1.82) is 0 Å². The first-order chi connectivity index (χ1) is 13.6. The van der Waals surface area contributed by atoms with E-state index in [0.717, 1.165) is 11.3 Å². The van der Waals surface area contributed by atoms with Gasteiger partial charge in [0.25, 0.3) is 0 Å². The fraction of sp³-hybridized carbons (Fsp3) is 0.227. The molecule has 0 fully saturated rings. The Morgan fingerprint density at radius 1 is 0.929 bits per heavy atom. The molecule has 1 aromatic heterocycles. The first-order valence-electron chi connectivity index (χ1n) is 9.10. The molecule has 0 aliphatic heterocycles. The van der Waals surface area contributed by atoms with Crippen LogP contribution in [0.15, 0.2) is 71.3 Å². The van der Waals surface area contributed by atoms with Gasteiger partial charge in [-0.05, 0) is 36.2 Å². The third-order valence-corrected chi connectivity index (χ3v) is 4.33. The molecule has 3 aromatic rings. The lowest BCUT2D eigenvalue weighted by Gasteiger charge is -2.21. The minimum absolute atomic E-state index is 0.0143. The Labute approximate surface area is 162 Å². The average molecular weight is 384 g/mol. The summed E-state index contributed by atoms with van der Waals surface area (Å²) >= 11 is 0. The van der Waals surface area contributed by atoms with Crippen molar-refractivity contribution in [3.8, 4) is 0 Å². The first-order valence-corrected chi connectivity index (χ1v) is 9.10. The van der Waals surface area contributed by atoms with Gasteiger partial charge in [0.2, 0.25) is 5.91 Å². The van der Waals surface area contributed by atoms with Crippen LogP contribution in [0.5, 0.6) is 0 Å². The summed E-state index contributed by atoms with van der Waals surface area (Å²) in [5, 5.41) is 2.74. The van der Waals surface area contributed by atoms with Crippen molar-refractivity contribution >= 4 is 5.91 Å². The maximum Gasteiger partial charge on any atom is 0.234 e. The molecule has 0 aliphatic rings. The van der Waals surface area contributed by atoms with Crippen molar-refractivity contribution in [2.24, 2.45) is 0 Å². The molecule has 0 bridgehead atoms. The number of amides is 1. The molecule has 0 spiro atoms. The van der Waals surface area contributed by atoms with E-state index < -0.39 is 11.6 Å². The molecule has 2 aromatic carbocycles. The second kappa shape index (κ2) is 9.80. The Hall–Kier alpha value is -2.99. The summed E-state index contributed by atoms with van der Waals surface area (Å²) in [5.41, 5.74) is 1.06. The minimum atomic E-state index is -0.599. The second-order valence-corrected chi connectivity index (χ2v) is 6.51. The predicted molar refractivity (Wildman–Crippen MR) is 102 cm³/mol. The molecule has 28 heavy (non-hydrogen) atoms. The highest BCUT2D eigenvalue weighted by Crippen LogP contribution is 2.13. The van der Waals surface area contributed by atoms with Crippen molar-refractivity contribution in [3.63, 3.8) is 0 Å². The van der Waals surface area contributed by atoms with Gasteiger partial charge < -0.3 is 9.73 Å². The van der Waals surface area contributed by atoms with Gasteiger partial charge in [0, 0.05) is 18.7 Å². The number of nitrogens with one attached hydrogen (secondary N) is 1. The number of carbonyl (C=O) groups excluding carboxylic acids is 1. The number of hydrogen-bond acceptors (Lipinski definition) is 3. The monoisotopic (exact) mass is 384 g/mol. The van der Waals surface area contributed by atoms with Gasteiger partial charge in [0.15, 0.2) is 0 Å². The number of furan rings is 1. The molecule has 146 valence electrons. The van der Waals surface area contributed by atoms with E-state index in [9.17, 15) is 13.6 Å². The van der Waals surface area contributed by atoms with Crippen LogP contribution in [0.25, 0.3) is 0 Å². The van der Waals surface area contributed by atoms with Crippen LogP contribution in [-0.2, 0) is 24.3 Å². The molecule has 0 saturated carbocycles. The zero-order chi connectivity index (χ0) is 19.8. The van der Waals surface area contributed by atoms with Gasteiger partial charge in [-0.15, -0.1) is 0 Å². The highest BCUT2D eigenvalue weighted by molar-refractivity contribution is 5.78. The number of nitrogens with zero attached hydrogens (tertiary/aromatic N) is 1. The van der Waals surface area contributed by atoms with Crippen LogP contribution < -0.4 is 5.32 Å². The minimum Gasteiger partial charge on any atom is -0.468 e. The molecule has 0 aliphatic carbocycles. The Bertz CT molecular complexity index is 863. The van der Waals surface area contributed by atoms with Crippen LogP contribution in [0.3, 0.4) is 0 Å². The summed E-state index contributed by atoms with van der Waals surface area (Å²) in [6.07, 6.45) is 1.69. The van der Waals surface area contributed by atoms with Gasteiger partial charge in [0.1, 0.15) is 17.4 Å². The molecular formula is C22H22F2N2O2. The second-order valence-electron chi connectivity index (χ2n) is 6.51. The lowest BCUT2D eigenvalue weighted by Crippen LogP contribution is -2.37. The lowest BCUT2D eigenvalue weighted by molar-refractivity contribution is -0.122. The lowest BCUT2D eigenvalue weighted by atomic mass is 10.1. The number of benzene rings is 2. The topological polar surface area (TPSA) is 45.5 Å². The van der Waals surface area contributed by atoms with E-state index in [2.05, 4.69) is 5.32 Å². The van der Waals surface area contributed by atoms with Crippen LogP contribution in [0.4, 0.5) is 8.78 Å². The van der Waals surface area contributed by atoms with Crippen LogP contribution in [0, 0.1) is 11.6 Å². The van der Waals surface area contributed by atoms with E-state index in [1.165, 1.54) is 18.2 Å². The number of hydrogen-bond donors (Lipinski definition) is 1. The molecule has 1 N–H and O–H groups in total. The third-order valence-electron chi connectivity index (χ3n) is 4.33. The summed E-state index contributed by atoms with van der Waals surface area (Å²) < 4.78 is 32.7. The predicted octanol–water partition coefficient (Wildman–Crippen LogP) is 3.92. The van der Waals surface area contributed by atoms with E-state index in [4.69, 9.17) is 4.42 Å². The van der Waals surface area contributed by atoms with E-state index in [0.29, 0.717) is 13.1 Å². The van der Waals surface area contributed by atoms with Crippen molar-refractivity contribution in [1.82, 2.24) is 10.2 Å². The molecule has 1 amide bonds. The Balaban J connectivity index is 1.56. The molecule has 3 rings (SSSR count). The van der Waals surface area contributed by atoms with Gasteiger partial charge in [-0.2, -0.15) is 0 Å². The summed E-state index contributed by atoms with van der Waals surface area (Å²) in [6.45, 7) is 1.38. The van der Waals surface area contributed by atoms with Gasteiger partial charge in [-0.3, -0.25) is 9.69 Å².